The number of hydrogen-bond acceptors (Lipinski definition) is 3. The van der Waals surface area contributed by atoms with E-state index in [2.05, 4.69) is 21.2 Å². The fourth-order valence-electron chi connectivity index (χ4n) is 2.67. The van der Waals surface area contributed by atoms with Crippen LogP contribution in [0.1, 0.15) is 42.7 Å². The van der Waals surface area contributed by atoms with Gasteiger partial charge in [0, 0.05) is 18.6 Å². The van der Waals surface area contributed by atoms with Crippen LogP contribution in [0, 0.1) is 0 Å². The molecule has 1 aliphatic carbocycles. The highest BCUT2D eigenvalue weighted by atomic mass is 79.9. The largest absolute Gasteiger partial charge is 0.444 e. The number of carbonyl (C=O) groups is 1. The molecule has 1 aromatic rings. The average molecular weight is 327 g/mol. The van der Waals surface area contributed by atoms with Crippen LogP contribution in [0.2, 0.25) is 0 Å². The van der Waals surface area contributed by atoms with Gasteiger partial charge in [0.2, 0.25) is 0 Å². The van der Waals surface area contributed by atoms with Crippen molar-refractivity contribution < 1.29 is 9.21 Å². The van der Waals surface area contributed by atoms with Crippen molar-refractivity contribution in [1.82, 2.24) is 10.2 Å². The molecule has 19 heavy (non-hydrogen) atoms. The van der Waals surface area contributed by atoms with E-state index < -0.39 is 0 Å². The highest BCUT2D eigenvalue weighted by Crippen LogP contribution is 2.29. The predicted octanol–water partition coefficient (Wildman–Crippen LogP) is 2.79. The quantitative estimate of drug-likeness (QED) is 0.925. The van der Waals surface area contributed by atoms with E-state index >= 15 is 0 Å². The van der Waals surface area contributed by atoms with Crippen LogP contribution in [0.4, 0.5) is 0 Å². The summed E-state index contributed by atoms with van der Waals surface area (Å²) in [6.45, 7) is 1.88. The van der Waals surface area contributed by atoms with Gasteiger partial charge in [0.25, 0.3) is 5.91 Å². The van der Waals surface area contributed by atoms with E-state index in [0.717, 1.165) is 25.9 Å². The van der Waals surface area contributed by atoms with Gasteiger partial charge < -0.3 is 14.6 Å². The number of halogens is 1. The van der Waals surface area contributed by atoms with Gasteiger partial charge in [-0.25, -0.2) is 0 Å². The Hall–Kier alpha value is -0.810. The summed E-state index contributed by atoms with van der Waals surface area (Å²) < 4.78 is 6.01. The summed E-state index contributed by atoms with van der Waals surface area (Å²) in [5.41, 5.74) is 0. The number of rotatable bonds is 4. The minimum Gasteiger partial charge on any atom is -0.444 e. The maximum Gasteiger partial charge on any atom is 0.289 e. The fraction of sp³-hybridized carbons (Fsp3) is 0.643. The Balaban J connectivity index is 1.68. The van der Waals surface area contributed by atoms with Crippen LogP contribution in [0.3, 0.4) is 0 Å². The molecule has 1 aliphatic heterocycles. The van der Waals surface area contributed by atoms with Crippen LogP contribution in [-0.4, -0.2) is 36.0 Å². The maximum absolute atomic E-state index is 12.5. The first-order valence-corrected chi connectivity index (χ1v) is 7.83. The summed E-state index contributed by atoms with van der Waals surface area (Å²) in [5.74, 6) is 0.468. The second-order valence-electron chi connectivity index (χ2n) is 5.44. The zero-order valence-electron chi connectivity index (χ0n) is 10.9. The van der Waals surface area contributed by atoms with Crippen LogP contribution < -0.4 is 5.32 Å². The molecule has 1 atom stereocenters. The molecule has 2 aliphatic rings. The molecule has 104 valence electrons. The zero-order valence-corrected chi connectivity index (χ0v) is 12.5. The molecular weight excluding hydrogens is 308 g/mol. The molecule has 1 amide bonds. The Morgan fingerprint density at radius 2 is 2.21 bits per heavy atom. The van der Waals surface area contributed by atoms with Crippen LogP contribution in [0.15, 0.2) is 21.2 Å². The summed E-state index contributed by atoms with van der Waals surface area (Å²) in [6.07, 6.45) is 5.93. The Labute approximate surface area is 121 Å². The number of carbonyl (C=O) groups excluding carboxylic acids is 1. The number of nitrogens with one attached hydrogen (secondary N) is 1. The van der Waals surface area contributed by atoms with Gasteiger partial charge in [-0.3, -0.25) is 4.79 Å². The lowest BCUT2D eigenvalue weighted by Crippen LogP contribution is -2.46. The Bertz CT molecular complexity index is 450. The Morgan fingerprint density at radius 3 is 2.79 bits per heavy atom. The minimum absolute atomic E-state index is 0.0283. The molecule has 0 aromatic carbocycles. The van der Waals surface area contributed by atoms with Crippen LogP contribution in [-0.2, 0) is 0 Å². The van der Waals surface area contributed by atoms with Gasteiger partial charge in [-0.1, -0.05) is 6.42 Å². The first kappa shape index (κ1) is 13.2. The van der Waals surface area contributed by atoms with Crippen molar-refractivity contribution in [2.75, 3.05) is 13.1 Å². The van der Waals surface area contributed by atoms with Crippen LogP contribution >= 0.6 is 15.9 Å². The Morgan fingerprint density at radius 1 is 1.37 bits per heavy atom. The lowest BCUT2D eigenvalue weighted by molar-refractivity contribution is 0.0684. The standard InChI is InChI=1S/C14H19BrN2O2/c15-13-7-6-12(19-13)14(18)17(11-4-5-11)9-10-3-1-2-8-16-10/h6-7,10-11,16H,1-5,8-9H2. The van der Waals surface area contributed by atoms with Gasteiger partial charge >= 0.3 is 0 Å². The molecule has 5 heteroatoms. The van der Waals surface area contributed by atoms with E-state index in [1.807, 2.05) is 4.90 Å². The third kappa shape index (κ3) is 3.20. The van der Waals surface area contributed by atoms with E-state index in [1.165, 1.54) is 19.3 Å². The molecule has 0 spiro atoms. The third-order valence-corrected chi connectivity index (χ3v) is 4.29. The predicted molar refractivity (Wildman–Crippen MR) is 76.1 cm³/mol. The summed E-state index contributed by atoms with van der Waals surface area (Å²) in [5, 5.41) is 3.51. The van der Waals surface area contributed by atoms with Crippen LogP contribution in [0.5, 0.6) is 0 Å². The summed E-state index contributed by atoms with van der Waals surface area (Å²) in [6, 6.07) is 4.38. The van der Waals surface area contributed by atoms with Gasteiger partial charge in [-0.2, -0.15) is 0 Å². The van der Waals surface area contributed by atoms with E-state index in [0.29, 0.717) is 22.5 Å². The van der Waals surface area contributed by atoms with Crippen molar-refractivity contribution in [2.24, 2.45) is 0 Å². The van der Waals surface area contributed by atoms with E-state index in [9.17, 15) is 4.79 Å². The van der Waals surface area contributed by atoms with E-state index in [-0.39, 0.29) is 5.91 Å². The van der Waals surface area contributed by atoms with Gasteiger partial charge in [0.1, 0.15) is 0 Å². The molecule has 1 N–H and O–H groups in total. The molecule has 0 radical (unpaired) electrons. The molecule has 1 aromatic heterocycles. The lowest BCUT2D eigenvalue weighted by Gasteiger charge is -2.30. The monoisotopic (exact) mass is 326 g/mol. The summed E-state index contributed by atoms with van der Waals surface area (Å²) >= 11 is 3.25. The fourth-order valence-corrected chi connectivity index (χ4v) is 2.98. The van der Waals surface area contributed by atoms with Gasteiger partial charge in [-0.05, 0) is 60.3 Å². The number of nitrogens with zero attached hydrogens (tertiary/aromatic N) is 1. The maximum atomic E-state index is 12.5. The molecule has 1 saturated carbocycles. The van der Waals surface area contributed by atoms with Crippen molar-refractivity contribution in [3.63, 3.8) is 0 Å². The van der Waals surface area contributed by atoms with E-state index in [1.54, 1.807) is 12.1 Å². The van der Waals surface area contributed by atoms with Crippen molar-refractivity contribution in [2.45, 2.75) is 44.2 Å². The third-order valence-electron chi connectivity index (χ3n) is 3.86. The topological polar surface area (TPSA) is 45.5 Å². The van der Waals surface area contributed by atoms with Gasteiger partial charge in [0.15, 0.2) is 10.4 Å². The number of amides is 1. The normalized spacial score (nSPS) is 23.3. The molecule has 2 heterocycles. The number of piperidine rings is 1. The van der Waals surface area contributed by atoms with Crippen LogP contribution in [0.25, 0.3) is 0 Å². The minimum atomic E-state index is 0.0283. The zero-order chi connectivity index (χ0) is 13.2. The highest BCUT2D eigenvalue weighted by molar-refractivity contribution is 9.10. The average Bonchev–Trinajstić information content (AvgIpc) is 3.18. The van der Waals surface area contributed by atoms with Gasteiger partial charge in [0.05, 0.1) is 0 Å². The van der Waals surface area contributed by atoms with Crippen molar-refractivity contribution >= 4 is 21.8 Å². The molecule has 1 saturated heterocycles. The SMILES string of the molecule is O=C(c1ccc(Br)o1)N(CC1CCCCN1)C1CC1. The van der Waals surface area contributed by atoms with Gasteiger partial charge in [-0.15, -0.1) is 0 Å². The smallest absolute Gasteiger partial charge is 0.289 e. The van der Waals surface area contributed by atoms with Crippen molar-refractivity contribution in [3.05, 3.63) is 22.6 Å². The molecule has 0 bridgehead atoms. The number of furan rings is 1. The first-order valence-electron chi connectivity index (χ1n) is 7.04. The van der Waals surface area contributed by atoms with E-state index in [4.69, 9.17) is 4.42 Å². The summed E-state index contributed by atoms with van der Waals surface area (Å²) in [4.78, 5) is 14.5. The lowest BCUT2D eigenvalue weighted by atomic mass is 10.0. The first-order chi connectivity index (χ1) is 9.24. The molecule has 1 unspecified atom stereocenters. The Kier molecular flexibility index (Phi) is 3.93. The second-order valence-corrected chi connectivity index (χ2v) is 6.22. The summed E-state index contributed by atoms with van der Waals surface area (Å²) in [7, 11) is 0. The molecule has 4 nitrogen and oxygen atoms in total. The molecule has 2 fully saturated rings. The molecular formula is C14H19BrN2O2. The van der Waals surface area contributed by atoms with Crippen molar-refractivity contribution in [1.29, 1.82) is 0 Å². The second kappa shape index (κ2) is 5.67. The molecule has 3 rings (SSSR count). The van der Waals surface area contributed by atoms with Crippen molar-refractivity contribution in [3.8, 4) is 0 Å². The number of hydrogen-bond donors (Lipinski definition) is 1. The highest BCUT2D eigenvalue weighted by Gasteiger charge is 2.35.